The van der Waals surface area contributed by atoms with Gasteiger partial charge in [-0.3, -0.25) is 29.4 Å². The van der Waals surface area contributed by atoms with Gasteiger partial charge in [0, 0.05) is 26.6 Å². The number of piperidine rings is 1. The molecule has 4 bridgehead atoms. The van der Waals surface area contributed by atoms with Crippen LogP contribution in [0.2, 0.25) is 0 Å². The topological polar surface area (TPSA) is 110 Å². The third-order valence-electron chi connectivity index (χ3n) is 10.6. The first kappa shape index (κ1) is 28.9. The Morgan fingerprint density at radius 1 is 0.978 bits per heavy atom. The summed E-state index contributed by atoms with van der Waals surface area (Å²) in [6, 6.07) is 11.9. The van der Waals surface area contributed by atoms with E-state index in [4.69, 9.17) is 4.74 Å². The molecule has 4 amide bonds. The fraction of sp³-hybridized carbons (Fsp3) is 0.457. The summed E-state index contributed by atoms with van der Waals surface area (Å²) in [5, 5.41) is 3.21. The summed E-state index contributed by atoms with van der Waals surface area (Å²) in [6.45, 7) is 0.484. The van der Waals surface area contributed by atoms with E-state index in [1.54, 1.807) is 23.5 Å². The highest BCUT2D eigenvalue weighted by molar-refractivity contribution is 7.98. The molecule has 2 aliphatic heterocycles. The van der Waals surface area contributed by atoms with Crippen molar-refractivity contribution in [3.05, 3.63) is 64.0 Å². The van der Waals surface area contributed by atoms with Crippen molar-refractivity contribution < 1.29 is 28.7 Å². The average molecular weight is 643 g/mol. The van der Waals surface area contributed by atoms with Crippen LogP contribution < -0.4 is 5.32 Å². The molecule has 4 saturated carbocycles. The molecule has 2 aromatic carbocycles. The van der Waals surface area contributed by atoms with Crippen molar-refractivity contribution >= 4 is 62.8 Å². The molecule has 1 N–H and O–H groups in total. The van der Waals surface area contributed by atoms with Crippen LogP contribution in [0.5, 0.6) is 0 Å². The molecular formula is C35H34N2O6S2. The van der Waals surface area contributed by atoms with Gasteiger partial charge in [-0.2, -0.15) is 0 Å². The van der Waals surface area contributed by atoms with E-state index in [0.29, 0.717) is 33.8 Å². The quantitative estimate of drug-likeness (QED) is 0.173. The summed E-state index contributed by atoms with van der Waals surface area (Å²) in [6.07, 6.45) is 9.35. The zero-order chi connectivity index (χ0) is 30.9. The van der Waals surface area contributed by atoms with E-state index in [9.17, 15) is 24.0 Å². The van der Waals surface area contributed by atoms with Gasteiger partial charge in [-0.1, -0.05) is 6.07 Å². The Morgan fingerprint density at radius 2 is 1.73 bits per heavy atom. The predicted molar refractivity (Wildman–Crippen MR) is 170 cm³/mol. The molecule has 45 heavy (non-hydrogen) atoms. The molecule has 3 heterocycles. The van der Waals surface area contributed by atoms with Crippen LogP contribution in [0.3, 0.4) is 0 Å². The molecule has 1 unspecified atom stereocenters. The molecule has 6 aliphatic rings. The fourth-order valence-corrected chi connectivity index (χ4v) is 11.2. The number of ether oxygens (including phenoxy) is 1. The second-order valence-electron chi connectivity index (χ2n) is 13.7. The summed E-state index contributed by atoms with van der Waals surface area (Å²) in [4.78, 5) is 66.4. The minimum Gasteiger partial charge on any atom is -0.462 e. The molecule has 1 saturated heterocycles. The van der Waals surface area contributed by atoms with E-state index < -0.39 is 29.7 Å². The van der Waals surface area contributed by atoms with Crippen molar-refractivity contribution in [3.8, 4) is 0 Å². The van der Waals surface area contributed by atoms with Crippen LogP contribution in [0.15, 0.2) is 47.4 Å². The molecule has 232 valence electrons. The number of benzene rings is 2. The Bertz CT molecular complexity index is 1740. The number of hydrogen-bond acceptors (Lipinski definition) is 8. The smallest absolute Gasteiger partial charge is 0.338 e. The maximum atomic E-state index is 13.4. The second kappa shape index (κ2) is 11.1. The first-order valence-corrected chi connectivity index (χ1v) is 17.7. The summed E-state index contributed by atoms with van der Waals surface area (Å²) in [7, 11) is 0. The number of hydrogen-bond donors (Lipinski definition) is 1. The third kappa shape index (κ3) is 5.19. The minimum atomic E-state index is -0.992. The number of carbonyl (C=O) groups is 5. The molecule has 5 fully saturated rings. The van der Waals surface area contributed by atoms with Crippen LogP contribution in [0.4, 0.5) is 0 Å². The molecule has 3 aromatic rings. The third-order valence-corrected chi connectivity index (χ3v) is 13.0. The van der Waals surface area contributed by atoms with Gasteiger partial charge in [-0.05, 0) is 116 Å². The number of thioether (sulfide) groups is 1. The van der Waals surface area contributed by atoms with Gasteiger partial charge in [0.15, 0.2) is 0 Å². The largest absolute Gasteiger partial charge is 0.462 e. The van der Waals surface area contributed by atoms with Crippen LogP contribution in [-0.2, 0) is 20.1 Å². The summed E-state index contributed by atoms with van der Waals surface area (Å²) in [5.74, 6) is 0.931. The lowest BCUT2D eigenvalue weighted by atomic mass is 9.49. The van der Waals surface area contributed by atoms with Crippen LogP contribution in [0, 0.1) is 23.2 Å². The lowest BCUT2D eigenvalue weighted by molar-refractivity contribution is -0.136. The van der Waals surface area contributed by atoms with Crippen LogP contribution in [-0.4, -0.2) is 47.1 Å². The zero-order valence-corrected chi connectivity index (χ0v) is 26.5. The highest BCUT2D eigenvalue weighted by Crippen LogP contribution is 2.61. The Labute approximate surface area is 269 Å². The number of esters is 1. The number of nitrogens with one attached hydrogen (secondary N) is 1. The lowest BCUT2D eigenvalue weighted by Crippen LogP contribution is -2.54. The summed E-state index contributed by atoms with van der Waals surface area (Å²) in [5.41, 5.74) is 1.52. The van der Waals surface area contributed by atoms with Gasteiger partial charge in [0.05, 0.1) is 23.3 Å². The van der Waals surface area contributed by atoms with Gasteiger partial charge >= 0.3 is 5.97 Å². The van der Waals surface area contributed by atoms with E-state index in [0.717, 1.165) is 44.0 Å². The Hall–Kier alpha value is -3.50. The number of rotatable bonds is 8. The maximum Gasteiger partial charge on any atom is 0.338 e. The highest BCUT2D eigenvalue weighted by Gasteiger charge is 2.50. The first-order valence-electron chi connectivity index (χ1n) is 15.9. The first-order chi connectivity index (χ1) is 21.7. The van der Waals surface area contributed by atoms with Crippen LogP contribution in [0.25, 0.3) is 10.1 Å². The van der Waals surface area contributed by atoms with E-state index in [2.05, 4.69) is 11.4 Å². The number of carbonyl (C=O) groups excluding carboxylic acids is 5. The number of imide groups is 2. The predicted octanol–water partition coefficient (Wildman–Crippen LogP) is 6.36. The summed E-state index contributed by atoms with van der Waals surface area (Å²) < 4.78 is 6.87. The Kier molecular flexibility index (Phi) is 7.13. The molecule has 0 radical (unpaired) electrons. The summed E-state index contributed by atoms with van der Waals surface area (Å²) >= 11 is 3.08. The van der Waals surface area contributed by atoms with Crippen molar-refractivity contribution in [2.75, 3.05) is 6.61 Å². The molecule has 4 aliphatic carbocycles. The zero-order valence-electron chi connectivity index (χ0n) is 24.8. The second-order valence-corrected chi connectivity index (χ2v) is 15.9. The fourth-order valence-electron chi connectivity index (χ4n) is 9.09. The molecule has 8 nitrogen and oxygen atoms in total. The molecule has 1 atom stereocenters. The molecule has 0 spiro atoms. The number of fused-ring (bicyclic) bond motifs is 2. The van der Waals surface area contributed by atoms with Crippen molar-refractivity contribution in [1.29, 1.82) is 0 Å². The van der Waals surface area contributed by atoms with E-state index >= 15 is 0 Å². The standard InChI is InChI=1S/C35H34N2O6S2/c38-29-7-5-26(31(39)36-29)37-32(40)25-2-1-3-28(30(25)33(37)41)44-18-24-14-23-13-22(4-6-27(23)45-24)34(42)43-9-8-35-15-19-10-20(16-35)12-21(11-19)17-35/h1-4,6,13-14,19-21,26H,5,7-12,15-18H2,(H,36,38,39). The normalized spacial score (nSPS) is 28.6. The average Bonchev–Trinajstić information content (AvgIpc) is 3.53. The molecule has 9 rings (SSSR count). The van der Waals surface area contributed by atoms with Gasteiger partial charge in [0.25, 0.3) is 11.8 Å². The van der Waals surface area contributed by atoms with Gasteiger partial charge in [-0.15, -0.1) is 23.1 Å². The van der Waals surface area contributed by atoms with Crippen molar-refractivity contribution in [2.45, 2.75) is 74.5 Å². The Morgan fingerprint density at radius 3 is 2.47 bits per heavy atom. The van der Waals surface area contributed by atoms with E-state index in [-0.39, 0.29) is 24.4 Å². The Balaban J connectivity index is 0.917. The number of thiophene rings is 1. The van der Waals surface area contributed by atoms with E-state index in [1.807, 2.05) is 24.3 Å². The number of nitrogens with zero attached hydrogens (tertiary/aromatic N) is 1. The van der Waals surface area contributed by atoms with Crippen molar-refractivity contribution in [3.63, 3.8) is 0 Å². The van der Waals surface area contributed by atoms with E-state index in [1.165, 1.54) is 50.3 Å². The minimum absolute atomic E-state index is 0.0820. The SMILES string of the molecule is O=C1CCC(N2C(=O)c3cccc(SCc4cc5cc(C(=O)OCCC67CC8CC(CC(C8)C6)C7)ccc5s4)c3C2=O)C(=O)N1. The van der Waals surface area contributed by atoms with Crippen LogP contribution in [0.1, 0.15) is 93.7 Å². The highest BCUT2D eigenvalue weighted by atomic mass is 32.2. The molecule has 1 aromatic heterocycles. The number of amides is 4. The molecule has 10 heteroatoms. The van der Waals surface area contributed by atoms with Crippen LogP contribution >= 0.6 is 23.1 Å². The lowest BCUT2D eigenvalue weighted by Gasteiger charge is -2.57. The van der Waals surface area contributed by atoms with Crippen molar-refractivity contribution in [1.82, 2.24) is 10.2 Å². The van der Waals surface area contributed by atoms with Gasteiger partial charge < -0.3 is 4.74 Å². The van der Waals surface area contributed by atoms with Gasteiger partial charge in [0.2, 0.25) is 11.8 Å². The van der Waals surface area contributed by atoms with Gasteiger partial charge in [0.1, 0.15) is 6.04 Å². The maximum absolute atomic E-state index is 13.4. The molecular weight excluding hydrogens is 609 g/mol. The monoisotopic (exact) mass is 642 g/mol. The van der Waals surface area contributed by atoms with Gasteiger partial charge in [-0.25, -0.2) is 4.79 Å². The van der Waals surface area contributed by atoms with Crippen molar-refractivity contribution in [2.24, 2.45) is 23.2 Å².